The first-order valence-corrected chi connectivity index (χ1v) is 13.1. The normalized spacial score (nSPS) is 20.0. The number of amides is 3. The minimum absolute atomic E-state index is 0.210. The molecule has 2 aliphatic rings. The highest BCUT2D eigenvalue weighted by Gasteiger charge is 2.51. The van der Waals surface area contributed by atoms with Gasteiger partial charge in [0, 0.05) is 32.1 Å². The van der Waals surface area contributed by atoms with E-state index in [2.05, 4.69) is 52.3 Å². The number of hydrogen-bond donors (Lipinski definition) is 0. The SMILES string of the molecule is O=C1[C@@H]2C[C@H](SCc3cccc(-c4ccc(Br)cc4)c3)CN2C(=O)N1c1cc(Cl)cc(Cl)c1. The molecular formula is C25H19BrCl2N2O2S. The van der Waals surface area contributed by atoms with Gasteiger partial charge in [0.1, 0.15) is 6.04 Å². The fraction of sp³-hybridized carbons (Fsp3) is 0.200. The molecule has 3 aromatic carbocycles. The maximum absolute atomic E-state index is 13.0. The summed E-state index contributed by atoms with van der Waals surface area (Å²) in [5.74, 6) is 0.615. The highest BCUT2D eigenvalue weighted by Crippen LogP contribution is 2.38. The van der Waals surface area contributed by atoms with Crippen LogP contribution in [0.25, 0.3) is 11.1 Å². The van der Waals surface area contributed by atoms with Crippen LogP contribution in [-0.4, -0.2) is 34.7 Å². The van der Waals surface area contributed by atoms with Crippen LogP contribution in [0.2, 0.25) is 10.0 Å². The van der Waals surface area contributed by atoms with Crippen LogP contribution in [0.15, 0.2) is 71.2 Å². The summed E-state index contributed by atoms with van der Waals surface area (Å²) < 4.78 is 1.06. The fourth-order valence-electron chi connectivity index (χ4n) is 4.34. The third-order valence-corrected chi connectivity index (χ3v) is 8.18. The van der Waals surface area contributed by atoms with Gasteiger partial charge in [-0.15, -0.1) is 0 Å². The summed E-state index contributed by atoms with van der Waals surface area (Å²) in [6, 6.07) is 20.8. The Hall–Kier alpha value is -1.99. The van der Waals surface area contributed by atoms with Gasteiger partial charge in [-0.05, 0) is 53.4 Å². The Morgan fingerprint density at radius 3 is 2.36 bits per heavy atom. The van der Waals surface area contributed by atoms with E-state index >= 15 is 0 Å². The second-order valence-corrected chi connectivity index (χ2v) is 11.2. The number of benzene rings is 3. The van der Waals surface area contributed by atoms with Crippen molar-refractivity contribution in [3.8, 4) is 11.1 Å². The third kappa shape index (κ3) is 4.67. The van der Waals surface area contributed by atoms with E-state index in [-0.39, 0.29) is 17.2 Å². The standard InChI is InChI=1S/C25H19BrCl2N2O2S/c26-18-6-4-16(5-7-18)17-3-1-2-15(8-17)14-33-22-12-23-24(31)30(25(32)29(23)13-22)21-10-19(27)9-20(28)11-21/h1-11,22-23H,12-14H2/t22-,23-/m0/s1. The van der Waals surface area contributed by atoms with Crippen molar-refractivity contribution in [3.63, 3.8) is 0 Å². The predicted molar refractivity (Wildman–Crippen MR) is 139 cm³/mol. The number of carbonyl (C=O) groups is 2. The summed E-state index contributed by atoms with van der Waals surface area (Å²) in [5.41, 5.74) is 3.99. The summed E-state index contributed by atoms with van der Waals surface area (Å²) in [6.45, 7) is 0.553. The van der Waals surface area contributed by atoms with Gasteiger partial charge in [-0.2, -0.15) is 11.8 Å². The molecule has 0 unspecified atom stereocenters. The lowest BCUT2D eigenvalue weighted by molar-refractivity contribution is -0.119. The van der Waals surface area contributed by atoms with E-state index in [1.165, 1.54) is 21.6 Å². The van der Waals surface area contributed by atoms with Gasteiger partial charge >= 0.3 is 6.03 Å². The van der Waals surface area contributed by atoms with Crippen LogP contribution in [0.1, 0.15) is 12.0 Å². The molecule has 2 aliphatic heterocycles. The molecule has 2 heterocycles. The summed E-state index contributed by atoms with van der Waals surface area (Å²) >= 11 is 17.4. The van der Waals surface area contributed by atoms with Crippen LogP contribution < -0.4 is 4.90 Å². The van der Waals surface area contributed by atoms with Gasteiger partial charge in [0.05, 0.1) is 5.69 Å². The predicted octanol–water partition coefficient (Wildman–Crippen LogP) is 7.27. The average Bonchev–Trinajstić information content (AvgIpc) is 3.31. The largest absolute Gasteiger partial charge is 0.332 e. The number of anilines is 1. The molecule has 0 aromatic heterocycles. The second-order valence-electron chi connectivity index (χ2n) is 8.13. The van der Waals surface area contributed by atoms with Gasteiger partial charge in [-0.1, -0.05) is 75.5 Å². The highest BCUT2D eigenvalue weighted by molar-refractivity contribution is 9.10. The summed E-state index contributed by atoms with van der Waals surface area (Å²) in [4.78, 5) is 28.9. The molecular weight excluding hydrogens is 543 g/mol. The Morgan fingerprint density at radius 1 is 0.939 bits per heavy atom. The lowest BCUT2D eigenvalue weighted by Gasteiger charge is -2.18. The molecule has 33 heavy (non-hydrogen) atoms. The summed E-state index contributed by atoms with van der Waals surface area (Å²) in [6.07, 6.45) is 0.645. The fourth-order valence-corrected chi connectivity index (χ4v) is 6.31. The zero-order valence-electron chi connectivity index (χ0n) is 17.4. The minimum atomic E-state index is -0.429. The maximum Gasteiger partial charge on any atom is 0.332 e. The van der Waals surface area contributed by atoms with Crippen molar-refractivity contribution in [2.24, 2.45) is 0 Å². The van der Waals surface area contributed by atoms with E-state index in [0.717, 1.165) is 10.2 Å². The Morgan fingerprint density at radius 2 is 1.67 bits per heavy atom. The quantitative estimate of drug-likeness (QED) is 0.308. The minimum Gasteiger partial charge on any atom is -0.311 e. The van der Waals surface area contributed by atoms with E-state index < -0.39 is 6.04 Å². The molecule has 2 saturated heterocycles. The lowest BCUT2D eigenvalue weighted by atomic mass is 10.0. The number of imide groups is 1. The molecule has 2 fully saturated rings. The van der Waals surface area contributed by atoms with E-state index in [1.54, 1.807) is 34.9 Å². The molecule has 3 amide bonds. The van der Waals surface area contributed by atoms with Crippen molar-refractivity contribution in [1.29, 1.82) is 0 Å². The van der Waals surface area contributed by atoms with Crippen LogP contribution in [-0.2, 0) is 10.5 Å². The highest BCUT2D eigenvalue weighted by atomic mass is 79.9. The molecule has 2 atom stereocenters. The molecule has 0 spiro atoms. The van der Waals surface area contributed by atoms with E-state index in [9.17, 15) is 9.59 Å². The number of rotatable bonds is 5. The van der Waals surface area contributed by atoms with Gasteiger partial charge in [0.15, 0.2) is 0 Å². The zero-order chi connectivity index (χ0) is 23.1. The summed E-state index contributed by atoms with van der Waals surface area (Å²) in [7, 11) is 0. The van der Waals surface area contributed by atoms with Gasteiger partial charge in [0.2, 0.25) is 0 Å². The number of halogens is 3. The van der Waals surface area contributed by atoms with Crippen LogP contribution in [0.5, 0.6) is 0 Å². The Balaban J connectivity index is 1.24. The Labute approximate surface area is 215 Å². The molecule has 0 aliphatic carbocycles. The average molecular weight is 562 g/mol. The van der Waals surface area contributed by atoms with Crippen molar-refractivity contribution in [3.05, 3.63) is 86.8 Å². The molecule has 0 N–H and O–H groups in total. The maximum atomic E-state index is 13.0. The molecule has 0 saturated carbocycles. The van der Waals surface area contributed by atoms with Gasteiger partial charge in [-0.3, -0.25) is 4.79 Å². The van der Waals surface area contributed by atoms with Gasteiger partial charge in [0.25, 0.3) is 5.91 Å². The molecule has 3 aromatic rings. The first kappa shape index (κ1) is 22.8. The van der Waals surface area contributed by atoms with Crippen molar-refractivity contribution in [2.75, 3.05) is 11.4 Å². The number of carbonyl (C=O) groups excluding carboxylic acids is 2. The molecule has 0 bridgehead atoms. The number of thioether (sulfide) groups is 1. The third-order valence-electron chi connectivity index (χ3n) is 5.90. The first-order chi connectivity index (χ1) is 15.9. The zero-order valence-corrected chi connectivity index (χ0v) is 21.3. The molecule has 8 heteroatoms. The van der Waals surface area contributed by atoms with Crippen molar-refractivity contribution in [2.45, 2.75) is 23.5 Å². The van der Waals surface area contributed by atoms with Crippen molar-refractivity contribution >= 4 is 68.5 Å². The molecule has 0 radical (unpaired) electrons. The van der Waals surface area contributed by atoms with Gasteiger partial charge < -0.3 is 4.90 Å². The lowest BCUT2D eigenvalue weighted by Crippen LogP contribution is -2.34. The Bertz CT molecular complexity index is 1190. The molecule has 5 rings (SSSR count). The second kappa shape index (κ2) is 9.34. The van der Waals surface area contributed by atoms with E-state index in [4.69, 9.17) is 23.2 Å². The topological polar surface area (TPSA) is 40.6 Å². The number of urea groups is 1. The number of hydrogen-bond acceptors (Lipinski definition) is 3. The van der Waals surface area contributed by atoms with Crippen LogP contribution in [0.3, 0.4) is 0 Å². The van der Waals surface area contributed by atoms with E-state index in [1.807, 2.05) is 12.1 Å². The smallest absolute Gasteiger partial charge is 0.311 e. The molecule has 168 valence electrons. The van der Waals surface area contributed by atoms with Gasteiger partial charge in [-0.25, -0.2) is 9.69 Å². The number of nitrogens with zero attached hydrogens (tertiary/aromatic N) is 2. The summed E-state index contributed by atoms with van der Waals surface area (Å²) in [5, 5.41) is 0.997. The van der Waals surface area contributed by atoms with Crippen LogP contribution in [0.4, 0.5) is 10.5 Å². The van der Waals surface area contributed by atoms with E-state index in [0.29, 0.717) is 28.7 Å². The monoisotopic (exact) mass is 560 g/mol. The van der Waals surface area contributed by atoms with Crippen LogP contribution >= 0.6 is 50.9 Å². The van der Waals surface area contributed by atoms with Crippen LogP contribution in [0, 0.1) is 0 Å². The van der Waals surface area contributed by atoms with Crippen molar-refractivity contribution in [1.82, 2.24) is 4.90 Å². The first-order valence-electron chi connectivity index (χ1n) is 10.5. The Kier molecular flexibility index (Phi) is 6.45. The molecule has 4 nitrogen and oxygen atoms in total. The number of fused-ring (bicyclic) bond motifs is 1. The van der Waals surface area contributed by atoms with Crippen molar-refractivity contribution < 1.29 is 9.59 Å².